The third kappa shape index (κ3) is 4.40. The number of hydrogen-bond acceptors (Lipinski definition) is 5. The van der Waals surface area contributed by atoms with Gasteiger partial charge < -0.3 is 9.47 Å². The Morgan fingerprint density at radius 1 is 1.11 bits per heavy atom. The minimum absolute atomic E-state index is 0.297. The van der Waals surface area contributed by atoms with Gasteiger partial charge in [0.25, 0.3) is 0 Å². The molecule has 3 aromatic rings. The lowest BCUT2D eigenvalue weighted by Crippen LogP contribution is -2.18. The molecule has 4 nitrogen and oxygen atoms in total. The van der Waals surface area contributed by atoms with Crippen LogP contribution in [0.25, 0.3) is 10.6 Å². The summed E-state index contributed by atoms with van der Waals surface area (Å²) in [6, 6.07) is 10.4. The predicted molar refractivity (Wildman–Crippen MR) is 107 cm³/mol. The molecule has 0 bridgehead atoms. The molecular formula is C20H20ClFN2O2S. The molecule has 0 saturated heterocycles. The topological polar surface area (TPSA) is 34.6 Å². The smallest absolute Gasteiger partial charge is 0.170 e. The van der Waals surface area contributed by atoms with E-state index in [1.165, 1.54) is 17.4 Å². The maximum atomic E-state index is 14.0. The number of hydrogen-bond donors (Lipinski definition) is 0. The number of aromatic nitrogens is 1. The first-order chi connectivity index (χ1) is 13.0. The highest BCUT2D eigenvalue weighted by Crippen LogP contribution is 2.39. The van der Waals surface area contributed by atoms with Gasteiger partial charge in [-0.2, -0.15) is 0 Å². The maximum Gasteiger partial charge on any atom is 0.170 e. The van der Waals surface area contributed by atoms with Crippen LogP contribution in [0.15, 0.2) is 41.8 Å². The van der Waals surface area contributed by atoms with Gasteiger partial charge in [-0.15, -0.1) is 11.3 Å². The van der Waals surface area contributed by atoms with Crippen molar-refractivity contribution in [1.29, 1.82) is 0 Å². The van der Waals surface area contributed by atoms with Crippen LogP contribution in [-0.2, 0) is 13.1 Å². The Bertz CT molecular complexity index is 912. The van der Waals surface area contributed by atoms with Crippen LogP contribution in [0.3, 0.4) is 0 Å². The predicted octanol–water partition coefficient (Wildman–Crippen LogP) is 5.25. The number of halogens is 2. The molecular weight excluding hydrogens is 387 g/mol. The first kappa shape index (κ1) is 19.6. The minimum Gasteiger partial charge on any atom is -0.493 e. The average molecular weight is 407 g/mol. The molecule has 0 aliphatic rings. The van der Waals surface area contributed by atoms with Crippen LogP contribution in [0, 0.1) is 5.82 Å². The van der Waals surface area contributed by atoms with E-state index in [1.807, 2.05) is 35.5 Å². The molecule has 0 amide bonds. The Morgan fingerprint density at radius 3 is 2.59 bits per heavy atom. The summed E-state index contributed by atoms with van der Waals surface area (Å²) in [5.74, 6) is 1.03. The summed E-state index contributed by atoms with van der Waals surface area (Å²) in [4.78, 5) is 6.68. The summed E-state index contributed by atoms with van der Waals surface area (Å²) >= 11 is 7.65. The van der Waals surface area contributed by atoms with Crippen molar-refractivity contribution in [3.05, 3.63) is 63.9 Å². The Kier molecular flexibility index (Phi) is 6.31. The lowest BCUT2D eigenvalue weighted by atomic mass is 10.2. The molecule has 142 valence electrons. The highest BCUT2D eigenvalue weighted by molar-refractivity contribution is 7.13. The largest absolute Gasteiger partial charge is 0.493 e. The van der Waals surface area contributed by atoms with E-state index in [2.05, 4.69) is 0 Å². The van der Waals surface area contributed by atoms with Crippen LogP contribution < -0.4 is 9.47 Å². The van der Waals surface area contributed by atoms with Crippen LogP contribution >= 0.6 is 22.9 Å². The fraction of sp³-hybridized carbons (Fsp3) is 0.250. The van der Waals surface area contributed by atoms with E-state index < -0.39 is 0 Å². The van der Waals surface area contributed by atoms with Crippen molar-refractivity contribution in [3.8, 4) is 22.1 Å². The first-order valence-corrected chi connectivity index (χ1v) is 9.56. The molecule has 0 spiro atoms. The molecule has 0 unspecified atom stereocenters. The van der Waals surface area contributed by atoms with Gasteiger partial charge in [-0.1, -0.05) is 23.7 Å². The number of para-hydroxylation sites is 1. The highest BCUT2D eigenvalue weighted by Gasteiger charge is 2.16. The van der Waals surface area contributed by atoms with Crippen LogP contribution in [-0.4, -0.2) is 31.2 Å². The molecule has 0 aliphatic heterocycles. The molecule has 0 fully saturated rings. The van der Waals surface area contributed by atoms with Gasteiger partial charge in [0, 0.05) is 29.1 Å². The molecule has 2 aromatic carbocycles. The maximum absolute atomic E-state index is 14.0. The van der Waals surface area contributed by atoms with Gasteiger partial charge in [0.2, 0.25) is 0 Å². The Morgan fingerprint density at radius 2 is 1.89 bits per heavy atom. The van der Waals surface area contributed by atoms with Crippen molar-refractivity contribution >= 4 is 22.9 Å². The fourth-order valence-corrected chi connectivity index (χ4v) is 3.90. The van der Waals surface area contributed by atoms with E-state index >= 15 is 0 Å². The number of nitrogens with zero attached hydrogens (tertiary/aromatic N) is 2. The van der Waals surface area contributed by atoms with E-state index in [1.54, 1.807) is 26.4 Å². The molecule has 0 atom stereocenters. The first-order valence-electron chi connectivity index (χ1n) is 8.30. The molecule has 0 saturated carbocycles. The molecule has 3 rings (SSSR count). The van der Waals surface area contributed by atoms with Crippen molar-refractivity contribution in [2.75, 3.05) is 21.3 Å². The normalized spacial score (nSPS) is 11.0. The minimum atomic E-state index is -0.297. The third-order valence-corrected chi connectivity index (χ3v) is 5.39. The lowest BCUT2D eigenvalue weighted by molar-refractivity contribution is 0.310. The van der Waals surface area contributed by atoms with Crippen LogP contribution in [0.2, 0.25) is 5.02 Å². The summed E-state index contributed by atoms with van der Waals surface area (Å²) in [6.07, 6.45) is 0. The van der Waals surface area contributed by atoms with Crippen LogP contribution in [0.1, 0.15) is 11.3 Å². The van der Waals surface area contributed by atoms with E-state index in [9.17, 15) is 4.39 Å². The van der Waals surface area contributed by atoms with E-state index in [-0.39, 0.29) is 5.82 Å². The average Bonchev–Trinajstić information content (AvgIpc) is 3.12. The highest BCUT2D eigenvalue weighted by atomic mass is 35.5. The van der Waals surface area contributed by atoms with E-state index in [0.717, 1.165) is 16.3 Å². The SMILES string of the molecule is COc1cccc(-c2nc(CN(C)Cc3c(F)cccc3Cl)cs2)c1OC. The second kappa shape index (κ2) is 8.69. The van der Waals surface area contributed by atoms with Gasteiger partial charge in [0.1, 0.15) is 10.8 Å². The molecule has 27 heavy (non-hydrogen) atoms. The van der Waals surface area contributed by atoms with Crippen molar-refractivity contribution < 1.29 is 13.9 Å². The van der Waals surface area contributed by atoms with Gasteiger partial charge in [0.05, 0.1) is 25.5 Å². The molecule has 1 aromatic heterocycles. The Labute approximate surface area is 167 Å². The summed E-state index contributed by atoms with van der Waals surface area (Å²) in [5, 5.41) is 3.27. The molecule has 0 radical (unpaired) electrons. The summed E-state index contributed by atoms with van der Waals surface area (Å²) in [7, 11) is 5.13. The van der Waals surface area contributed by atoms with Crippen molar-refractivity contribution in [2.24, 2.45) is 0 Å². The monoisotopic (exact) mass is 406 g/mol. The van der Waals surface area contributed by atoms with Gasteiger partial charge in [0.15, 0.2) is 11.5 Å². The van der Waals surface area contributed by atoms with Crippen molar-refractivity contribution in [2.45, 2.75) is 13.1 Å². The van der Waals surface area contributed by atoms with Crippen molar-refractivity contribution in [1.82, 2.24) is 9.88 Å². The number of rotatable bonds is 7. The lowest BCUT2D eigenvalue weighted by Gasteiger charge is -2.16. The molecule has 0 N–H and O–H groups in total. The Hall–Kier alpha value is -2.15. The summed E-state index contributed by atoms with van der Waals surface area (Å²) in [6.45, 7) is 0.980. The second-order valence-electron chi connectivity index (χ2n) is 6.06. The van der Waals surface area contributed by atoms with Gasteiger partial charge in [-0.3, -0.25) is 4.90 Å². The Balaban J connectivity index is 1.77. The number of benzene rings is 2. The van der Waals surface area contributed by atoms with Crippen LogP contribution in [0.5, 0.6) is 11.5 Å². The van der Waals surface area contributed by atoms with Gasteiger partial charge in [-0.25, -0.2) is 9.37 Å². The third-order valence-electron chi connectivity index (χ3n) is 4.11. The summed E-state index contributed by atoms with van der Waals surface area (Å²) < 4.78 is 24.8. The van der Waals surface area contributed by atoms with E-state index in [0.29, 0.717) is 35.2 Å². The molecule has 1 heterocycles. The summed E-state index contributed by atoms with van der Waals surface area (Å²) in [5.41, 5.74) is 2.27. The molecule has 0 aliphatic carbocycles. The second-order valence-corrected chi connectivity index (χ2v) is 7.32. The number of methoxy groups -OCH3 is 2. The number of thiazole rings is 1. The fourth-order valence-electron chi connectivity index (χ4n) is 2.84. The zero-order valence-electron chi connectivity index (χ0n) is 15.3. The van der Waals surface area contributed by atoms with Gasteiger partial charge >= 0.3 is 0 Å². The van der Waals surface area contributed by atoms with Crippen molar-refractivity contribution in [3.63, 3.8) is 0 Å². The number of ether oxygens (including phenoxy) is 2. The standard InChI is InChI=1S/C20H20ClFN2O2S/c1-24(11-15-16(21)7-5-8-17(15)22)10-13-12-27-20(23-13)14-6-4-9-18(25-2)19(14)26-3/h4-9,12H,10-11H2,1-3H3. The van der Waals surface area contributed by atoms with Gasteiger partial charge in [-0.05, 0) is 31.3 Å². The quantitative estimate of drug-likeness (QED) is 0.536. The molecule has 7 heteroatoms. The van der Waals surface area contributed by atoms with Crippen LogP contribution in [0.4, 0.5) is 4.39 Å². The van der Waals surface area contributed by atoms with E-state index in [4.69, 9.17) is 26.1 Å². The zero-order chi connectivity index (χ0) is 19.4. The zero-order valence-corrected chi connectivity index (χ0v) is 16.9.